The molecule has 0 fully saturated rings. The van der Waals surface area contributed by atoms with Crippen LogP contribution in [-0.4, -0.2) is 17.1 Å². The number of amides is 1. The molecule has 102 valence electrons. The molecule has 1 heterocycles. The summed E-state index contributed by atoms with van der Waals surface area (Å²) in [7, 11) is 0. The maximum Gasteiger partial charge on any atom is 0.265 e. The van der Waals surface area contributed by atoms with Crippen molar-refractivity contribution >= 4 is 23.2 Å². The molecule has 0 saturated carbocycles. The van der Waals surface area contributed by atoms with Crippen molar-refractivity contribution in [2.24, 2.45) is 0 Å². The Morgan fingerprint density at radius 1 is 1.25 bits per heavy atom. The second-order valence-electron chi connectivity index (χ2n) is 4.57. The molecule has 0 aromatic heterocycles. The fourth-order valence-corrected chi connectivity index (χ4v) is 2.34. The largest absolute Gasteiger partial charge is 0.508 e. The molecule has 3 rings (SSSR count). The van der Waals surface area contributed by atoms with Crippen LogP contribution < -0.4 is 10.1 Å². The SMILES string of the molecule is O=C1Nc2ccc(O)cc2OC1Cc1ccccc1Cl. The number of anilines is 1. The maximum atomic E-state index is 12.0. The summed E-state index contributed by atoms with van der Waals surface area (Å²) >= 11 is 6.09. The van der Waals surface area contributed by atoms with Crippen molar-refractivity contribution in [2.45, 2.75) is 12.5 Å². The van der Waals surface area contributed by atoms with Gasteiger partial charge in [-0.25, -0.2) is 0 Å². The fraction of sp³-hybridized carbons (Fsp3) is 0.133. The Bertz CT molecular complexity index is 672. The highest BCUT2D eigenvalue weighted by Crippen LogP contribution is 2.33. The molecule has 5 heteroatoms. The zero-order chi connectivity index (χ0) is 14.1. The molecule has 4 nitrogen and oxygen atoms in total. The molecule has 0 aliphatic carbocycles. The number of fused-ring (bicyclic) bond motifs is 1. The lowest BCUT2D eigenvalue weighted by Crippen LogP contribution is -2.38. The summed E-state index contributed by atoms with van der Waals surface area (Å²) in [6, 6.07) is 11.9. The highest BCUT2D eigenvalue weighted by Gasteiger charge is 2.28. The van der Waals surface area contributed by atoms with E-state index < -0.39 is 6.10 Å². The number of benzene rings is 2. The number of ether oxygens (including phenoxy) is 1. The van der Waals surface area contributed by atoms with Gasteiger partial charge >= 0.3 is 0 Å². The third-order valence-electron chi connectivity index (χ3n) is 3.15. The number of aromatic hydroxyl groups is 1. The average molecular weight is 290 g/mol. The van der Waals surface area contributed by atoms with E-state index in [2.05, 4.69) is 5.32 Å². The lowest BCUT2D eigenvalue weighted by Gasteiger charge is -2.26. The number of nitrogens with one attached hydrogen (secondary N) is 1. The van der Waals surface area contributed by atoms with Crippen LogP contribution in [0.25, 0.3) is 0 Å². The summed E-state index contributed by atoms with van der Waals surface area (Å²) in [6.07, 6.45) is -0.287. The number of phenols is 1. The lowest BCUT2D eigenvalue weighted by molar-refractivity contribution is -0.123. The van der Waals surface area contributed by atoms with Gasteiger partial charge < -0.3 is 15.2 Å². The third kappa shape index (κ3) is 2.42. The predicted octanol–water partition coefficient (Wildman–Crippen LogP) is 2.99. The Labute approximate surface area is 120 Å². The third-order valence-corrected chi connectivity index (χ3v) is 3.52. The first-order valence-corrected chi connectivity index (χ1v) is 6.55. The van der Waals surface area contributed by atoms with Gasteiger partial charge in [0.1, 0.15) is 11.5 Å². The molecule has 0 radical (unpaired) electrons. The van der Waals surface area contributed by atoms with Crippen LogP contribution in [0.5, 0.6) is 11.5 Å². The molecule has 2 aromatic carbocycles. The molecular formula is C15H12ClNO3. The van der Waals surface area contributed by atoms with Gasteiger partial charge in [-0.1, -0.05) is 29.8 Å². The number of hydrogen-bond acceptors (Lipinski definition) is 3. The summed E-state index contributed by atoms with van der Waals surface area (Å²) in [6.45, 7) is 0. The van der Waals surface area contributed by atoms with E-state index >= 15 is 0 Å². The Balaban J connectivity index is 1.85. The number of halogens is 1. The minimum absolute atomic E-state index is 0.0939. The number of hydrogen-bond donors (Lipinski definition) is 2. The van der Waals surface area contributed by atoms with E-state index in [0.717, 1.165) is 5.56 Å². The quantitative estimate of drug-likeness (QED) is 0.836. The van der Waals surface area contributed by atoms with E-state index in [0.29, 0.717) is 22.9 Å². The van der Waals surface area contributed by atoms with Crippen molar-refractivity contribution in [3.63, 3.8) is 0 Å². The van der Waals surface area contributed by atoms with Gasteiger partial charge in [-0.2, -0.15) is 0 Å². The first-order chi connectivity index (χ1) is 9.63. The molecule has 2 aromatic rings. The molecule has 1 unspecified atom stereocenters. The number of rotatable bonds is 2. The normalized spacial score (nSPS) is 17.1. The van der Waals surface area contributed by atoms with Crippen molar-refractivity contribution in [1.29, 1.82) is 0 Å². The molecule has 0 saturated heterocycles. The molecule has 1 aliphatic heterocycles. The second-order valence-corrected chi connectivity index (χ2v) is 4.98. The van der Waals surface area contributed by atoms with Crippen LogP contribution in [-0.2, 0) is 11.2 Å². The molecule has 2 N–H and O–H groups in total. The van der Waals surface area contributed by atoms with Gasteiger partial charge in [0.05, 0.1) is 5.69 Å². The van der Waals surface area contributed by atoms with Crippen LogP contribution in [0.3, 0.4) is 0 Å². The van der Waals surface area contributed by atoms with Crippen molar-refractivity contribution in [3.8, 4) is 11.5 Å². The highest BCUT2D eigenvalue weighted by atomic mass is 35.5. The van der Waals surface area contributed by atoms with E-state index in [1.54, 1.807) is 12.1 Å². The molecule has 1 amide bonds. The molecule has 0 spiro atoms. The zero-order valence-electron chi connectivity index (χ0n) is 10.5. The molecular weight excluding hydrogens is 278 g/mol. The van der Waals surface area contributed by atoms with Gasteiger partial charge in [-0.15, -0.1) is 0 Å². The Hall–Kier alpha value is -2.20. The molecule has 20 heavy (non-hydrogen) atoms. The molecule has 1 atom stereocenters. The van der Waals surface area contributed by atoms with E-state index in [1.807, 2.05) is 18.2 Å². The first kappa shape index (κ1) is 12.8. The molecule has 0 bridgehead atoms. The van der Waals surface area contributed by atoms with Gasteiger partial charge in [0.25, 0.3) is 5.91 Å². The first-order valence-electron chi connectivity index (χ1n) is 6.17. The van der Waals surface area contributed by atoms with Crippen LogP contribution >= 0.6 is 11.6 Å². The number of phenolic OH excluding ortho intramolecular Hbond substituents is 1. The Kier molecular flexibility index (Phi) is 3.24. The van der Waals surface area contributed by atoms with Gasteiger partial charge in [-0.05, 0) is 23.8 Å². The summed E-state index contributed by atoms with van der Waals surface area (Å²) in [5, 5.41) is 12.8. The Morgan fingerprint density at radius 2 is 2.05 bits per heavy atom. The van der Waals surface area contributed by atoms with Crippen LogP contribution in [0.15, 0.2) is 42.5 Å². The van der Waals surface area contributed by atoms with Crippen LogP contribution in [0.1, 0.15) is 5.56 Å². The average Bonchev–Trinajstić information content (AvgIpc) is 2.42. The fourth-order valence-electron chi connectivity index (χ4n) is 2.13. The minimum atomic E-state index is -0.663. The number of carbonyl (C=O) groups is 1. The maximum absolute atomic E-state index is 12.0. The van der Waals surface area contributed by atoms with E-state index in [1.165, 1.54) is 12.1 Å². The smallest absolute Gasteiger partial charge is 0.265 e. The Morgan fingerprint density at radius 3 is 2.85 bits per heavy atom. The molecule has 1 aliphatic rings. The second kappa shape index (κ2) is 5.06. The monoisotopic (exact) mass is 289 g/mol. The van der Waals surface area contributed by atoms with Crippen molar-refractivity contribution in [3.05, 3.63) is 53.1 Å². The van der Waals surface area contributed by atoms with Gasteiger partial charge in [-0.3, -0.25) is 4.79 Å². The topological polar surface area (TPSA) is 58.6 Å². The minimum Gasteiger partial charge on any atom is -0.508 e. The summed E-state index contributed by atoms with van der Waals surface area (Å²) < 4.78 is 5.65. The zero-order valence-corrected chi connectivity index (χ0v) is 11.2. The summed E-state index contributed by atoms with van der Waals surface area (Å²) in [5.41, 5.74) is 1.40. The standard InChI is InChI=1S/C15H12ClNO3/c16-11-4-2-1-3-9(11)7-14-15(19)17-12-6-5-10(18)8-13(12)20-14/h1-6,8,14,18H,7H2,(H,17,19). The summed E-state index contributed by atoms with van der Waals surface area (Å²) in [4.78, 5) is 12.0. The van der Waals surface area contributed by atoms with Crippen molar-refractivity contribution < 1.29 is 14.6 Å². The van der Waals surface area contributed by atoms with Crippen molar-refractivity contribution in [2.75, 3.05) is 5.32 Å². The van der Waals surface area contributed by atoms with Gasteiger partial charge in [0.15, 0.2) is 6.10 Å². The van der Waals surface area contributed by atoms with E-state index in [4.69, 9.17) is 16.3 Å². The number of carbonyl (C=O) groups excluding carboxylic acids is 1. The van der Waals surface area contributed by atoms with E-state index in [9.17, 15) is 9.90 Å². The van der Waals surface area contributed by atoms with Crippen LogP contribution in [0.2, 0.25) is 5.02 Å². The lowest BCUT2D eigenvalue weighted by atomic mass is 10.1. The van der Waals surface area contributed by atoms with Gasteiger partial charge in [0, 0.05) is 17.5 Å². The highest BCUT2D eigenvalue weighted by molar-refractivity contribution is 6.31. The van der Waals surface area contributed by atoms with Crippen molar-refractivity contribution in [1.82, 2.24) is 0 Å². The van der Waals surface area contributed by atoms with E-state index in [-0.39, 0.29) is 11.7 Å². The predicted molar refractivity (Wildman–Crippen MR) is 76.3 cm³/mol. The summed E-state index contributed by atoms with van der Waals surface area (Å²) in [5.74, 6) is 0.334. The van der Waals surface area contributed by atoms with Crippen LogP contribution in [0, 0.1) is 0 Å². The van der Waals surface area contributed by atoms with Gasteiger partial charge in [0.2, 0.25) is 0 Å². The van der Waals surface area contributed by atoms with Crippen LogP contribution in [0.4, 0.5) is 5.69 Å².